The molecule has 0 bridgehead atoms. The lowest BCUT2D eigenvalue weighted by Crippen LogP contribution is -2.08. The molecule has 162 valence electrons. The number of fused-ring (bicyclic) bond motifs is 2. The molecule has 0 amide bonds. The molecule has 0 unspecified atom stereocenters. The fourth-order valence-corrected chi connectivity index (χ4v) is 3.93. The van der Waals surface area contributed by atoms with Gasteiger partial charge in [0.2, 0.25) is 0 Å². The summed E-state index contributed by atoms with van der Waals surface area (Å²) in [6.45, 7) is 0. The molecule has 8 nitrogen and oxygen atoms in total. The van der Waals surface area contributed by atoms with Crippen molar-refractivity contribution in [3.8, 4) is 33.8 Å². The molecule has 6 aromatic rings. The molecular weight excluding hydrogens is 421 g/mol. The van der Waals surface area contributed by atoms with Gasteiger partial charge in [-0.1, -0.05) is 0 Å². The van der Waals surface area contributed by atoms with Crippen molar-refractivity contribution in [1.29, 1.82) is 0 Å². The molecule has 0 fully saturated rings. The molecule has 0 radical (unpaired) electrons. The Balaban J connectivity index is 1.52. The van der Waals surface area contributed by atoms with E-state index < -0.39 is 0 Å². The molecule has 0 saturated carbocycles. The van der Waals surface area contributed by atoms with E-state index in [2.05, 4.69) is 25.1 Å². The van der Waals surface area contributed by atoms with E-state index in [1.165, 1.54) is 6.07 Å². The SMILES string of the molecule is CN(C)c1cncc(-c2cc3c(-c4nc5c(-c6ccoc6)ccnc5[nH]4)n[nH]c3cc2F)c1. The quantitative estimate of drug-likeness (QED) is 0.400. The van der Waals surface area contributed by atoms with Crippen LogP contribution in [0, 0.1) is 5.82 Å². The van der Waals surface area contributed by atoms with E-state index in [0.29, 0.717) is 39.3 Å². The van der Waals surface area contributed by atoms with Crippen LogP contribution in [-0.2, 0) is 0 Å². The van der Waals surface area contributed by atoms with Gasteiger partial charge in [0.25, 0.3) is 0 Å². The van der Waals surface area contributed by atoms with Crippen LogP contribution in [0.4, 0.5) is 10.1 Å². The standard InChI is InChI=1S/C24H18FN7O/c1-32(2)15-7-14(10-26-11-15)17-8-18-20(9-19(17)25)30-31-22(18)24-28-21-16(13-4-6-33-12-13)3-5-27-23(21)29-24/h3-12H,1-2H3,(H,30,31)(H,27,28,29). The largest absolute Gasteiger partial charge is 0.472 e. The highest BCUT2D eigenvalue weighted by molar-refractivity contribution is 5.97. The maximum atomic E-state index is 15.0. The van der Waals surface area contributed by atoms with Crippen molar-refractivity contribution in [2.75, 3.05) is 19.0 Å². The van der Waals surface area contributed by atoms with Gasteiger partial charge in [0.05, 0.1) is 29.9 Å². The Morgan fingerprint density at radius 3 is 2.76 bits per heavy atom. The Labute approximate surface area is 187 Å². The second-order valence-electron chi connectivity index (χ2n) is 7.93. The van der Waals surface area contributed by atoms with Crippen LogP contribution in [0.1, 0.15) is 0 Å². The lowest BCUT2D eigenvalue weighted by molar-refractivity contribution is 0.568. The van der Waals surface area contributed by atoms with Crippen LogP contribution in [-0.4, -0.2) is 44.2 Å². The number of hydrogen-bond acceptors (Lipinski definition) is 6. The zero-order valence-electron chi connectivity index (χ0n) is 17.8. The Bertz CT molecular complexity index is 1620. The Kier molecular flexibility index (Phi) is 4.22. The number of nitrogens with zero attached hydrogens (tertiary/aromatic N) is 5. The minimum atomic E-state index is -0.357. The van der Waals surface area contributed by atoms with Crippen molar-refractivity contribution >= 4 is 27.8 Å². The first kappa shape index (κ1) is 19.2. The number of rotatable bonds is 4. The summed E-state index contributed by atoms with van der Waals surface area (Å²) in [5, 5.41) is 8.07. The average Bonchev–Trinajstić information content (AvgIpc) is 3.57. The number of nitrogens with one attached hydrogen (secondary N) is 2. The average molecular weight is 439 g/mol. The Hall–Kier alpha value is -4.53. The van der Waals surface area contributed by atoms with E-state index >= 15 is 0 Å². The monoisotopic (exact) mass is 439 g/mol. The minimum Gasteiger partial charge on any atom is -0.472 e. The lowest BCUT2D eigenvalue weighted by atomic mass is 10.0. The molecule has 0 aliphatic rings. The molecule has 0 atom stereocenters. The first-order valence-electron chi connectivity index (χ1n) is 10.3. The lowest BCUT2D eigenvalue weighted by Gasteiger charge is -2.13. The first-order valence-corrected chi connectivity index (χ1v) is 10.3. The normalized spacial score (nSPS) is 11.5. The highest BCUT2D eigenvalue weighted by atomic mass is 19.1. The van der Waals surface area contributed by atoms with Crippen molar-refractivity contribution < 1.29 is 8.81 Å². The first-order chi connectivity index (χ1) is 16.1. The molecule has 33 heavy (non-hydrogen) atoms. The van der Waals surface area contributed by atoms with E-state index in [1.54, 1.807) is 37.2 Å². The Morgan fingerprint density at radius 1 is 1.03 bits per heavy atom. The number of aromatic nitrogens is 6. The summed E-state index contributed by atoms with van der Waals surface area (Å²) in [5.41, 5.74) is 6.30. The third-order valence-corrected chi connectivity index (χ3v) is 5.64. The molecule has 1 aromatic carbocycles. The highest BCUT2D eigenvalue weighted by Gasteiger charge is 2.18. The second kappa shape index (κ2) is 7.27. The topological polar surface area (TPSA) is 99.5 Å². The number of aromatic amines is 2. The van der Waals surface area contributed by atoms with Gasteiger partial charge in [-0.3, -0.25) is 10.1 Å². The van der Waals surface area contributed by atoms with Crippen molar-refractivity contribution in [2.24, 2.45) is 0 Å². The summed E-state index contributed by atoms with van der Waals surface area (Å²) in [7, 11) is 3.84. The van der Waals surface area contributed by atoms with E-state index in [-0.39, 0.29) is 5.82 Å². The maximum Gasteiger partial charge on any atom is 0.160 e. The second-order valence-corrected chi connectivity index (χ2v) is 7.93. The Morgan fingerprint density at radius 2 is 1.94 bits per heavy atom. The van der Waals surface area contributed by atoms with Crippen LogP contribution >= 0.6 is 0 Å². The molecule has 0 spiro atoms. The van der Waals surface area contributed by atoms with Crippen molar-refractivity contribution in [1.82, 2.24) is 30.1 Å². The van der Waals surface area contributed by atoms with Gasteiger partial charge < -0.3 is 14.3 Å². The van der Waals surface area contributed by atoms with E-state index in [0.717, 1.165) is 22.2 Å². The fraction of sp³-hybridized carbons (Fsp3) is 0.0833. The van der Waals surface area contributed by atoms with Crippen LogP contribution in [0.25, 0.3) is 55.8 Å². The number of anilines is 1. The highest BCUT2D eigenvalue weighted by Crippen LogP contribution is 2.34. The van der Waals surface area contributed by atoms with Crippen molar-refractivity contribution in [3.05, 3.63) is 67.3 Å². The summed E-state index contributed by atoms with van der Waals surface area (Å²) < 4.78 is 20.2. The van der Waals surface area contributed by atoms with Crippen molar-refractivity contribution in [3.63, 3.8) is 0 Å². The molecule has 2 N–H and O–H groups in total. The number of hydrogen-bond donors (Lipinski definition) is 2. The number of imidazole rings is 1. The van der Waals surface area contributed by atoms with Gasteiger partial charge in [0.1, 0.15) is 17.0 Å². The zero-order valence-corrected chi connectivity index (χ0v) is 17.8. The molecule has 9 heteroatoms. The molecule has 5 heterocycles. The molecule has 0 aliphatic heterocycles. The van der Waals surface area contributed by atoms with Crippen LogP contribution in [0.2, 0.25) is 0 Å². The summed E-state index contributed by atoms with van der Waals surface area (Å²) in [6.07, 6.45) is 8.39. The van der Waals surface area contributed by atoms with Gasteiger partial charge in [0.15, 0.2) is 11.5 Å². The zero-order chi connectivity index (χ0) is 22.5. The molecule has 6 rings (SSSR count). The van der Waals surface area contributed by atoms with Gasteiger partial charge in [0, 0.05) is 60.2 Å². The van der Waals surface area contributed by atoms with Gasteiger partial charge >= 0.3 is 0 Å². The van der Waals surface area contributed by atoms with Gasteiger partial charge in [-0.25, -0.2) is 14.4 Å². The van der Waals surface area contributed by atoms with Crippen LogP contribution in [0.3, 0.4) is 0 Å². The summed E-state index contributed by atoms with van der Waals surface area (Å²) in [4.78, 5) is 18.6. The van der Waals surface area contributed by atoms with Gasteiger partial charge in [-0.2, -0.15) is 5.10 Å². The predicted octanol–water partition coefficient (Wildman–Crippen LogP) is 5.03. The molecule has 0 saturated heterocycles. The van der Waals surface area contributed by atoms with Crippen LogP contribution < -0.4 is 4.90 Å². The maximum absolute atomic E-state index is 15.0. The smallest absolute Gasteiger partial charge is 0.160 e. The van der Waals surface area contributed by atoms with E-state index in [9.17, 15) is 4.39 Å². The number of H-pyrrole nitrogens is 2. The van der Waals surface area contributed by atoms with E-state index in [1.807, 2.05) is 37.2 Å². The number of pyridine rings is 2. The van der Waals surface area contributed by atoms with Gasteiger partial charge in [-0.15, -0.1) is 0 Å². The van der Waals surface area contributed by atoms with E-state index in [4.69, 9.17) is 9.40 Å². The summed E-state index contributed by atoms with van der Waals surface area (Å²) in [6, 6.07) is 8.88. The van der Waals surface area contributed by atoms with Crippen LogP contribution in [0.5, 0.6) is 0 Å². The minimum absolute atomic E-state index is 0.357. The molecule has 0 aliphatic carbocycles. The number of benzene rings is 1. The number of halogens is 1. The summed E-state index contributed by atoms with van der Waals surface area (Å²) in [5.74, 6) is 0.182. The number of furan rings is 1. The third kappa shape index (κ3) is 3.13. The van der Waals surface area contributed by atoms with Crippen LogP contribution in [0.15, 0.2) is 65.9 Å². The molecule has 5 aromatic heterocycles. The van der Waals surface area contributed by atoms with Crippen molar-refractivity contribution in [2.45, 2.75) is 0 Å². The summed E-state index contributed by atoms with van der Waals surface area (Å²) >= 11 is 0. The van der Waals surface area contributed by atoms with Gasteiger partial charge in [-0.05, 0) is 24.3 Å². The molecular formula is C24H18FN7O. The predicted molar refractivity (Wildman–Crippen MR) is 124 cm³/mol. The fourth-order valence-electron chi connectivity index (χ4n) is 3.93. The third-order valence-electron chi connectivity index (χ3n) is 5.64.